The van der Waals surface area contributed by atoms with Gasteiger partial charge in [-0.15, -0.1) is 0 Å². The highest BCUT2D eigenvalue weighted by atomic mass is 35.5. The van der Waals surface area contributed by atoms with Crippen LogP contribution < -0.4 is 16.0 Å². The second kappa shape index (κ2) is 11.8. The van der Waals surface area contributed by atoms with Gasteiger partial charge in [0, 0.05) is 42.2 Å². The minimum atomic E-state index is -0.606. The van der Waals surface area contributed by atoms with Crippen LogP contribution in [0.3, 0.4) is 0 Å². The molecule has 3 aromatic rings. The molecule has 0 unspecified atom stereocenters. The van der Waals surface area contributed by atoms with Gasteiger partial charge in [0.05, 0.1) is 17.1 Å². The number of nitrogens with one attached hydrogen (secondary N) is 3. The van der Waals surface area contributed by atoms with Crippen molar-refractivity contribution in [2.45, 2.75) is 58.8 Å². The van der Waals surface area contributed by atoms with Crippen molar-refractivity contribution < 1.29 is 23.6 Å². The van der Waals surface area contributed by atoms with Gasteiger partial charge < -0.3 is 20.9 Å². The Kier molecular flexibility index (Phi) is 8.49. The van der Waals surface area contributed by atoms with Crippen molar-refractivity contribution in [1.82, 2.24) is 25.3 Å². The summed E-state index contributed by atoms with van der Waals surface area (Å²) in [5.74, 6) is -1.75. The molecule has 206 valence electrons. The second-order valence-electron chi connectivity index (χ2n) is 9.77. The van der Waals surface area contributed by atoms with Gasteiger partial charge in [0.2, 0.25) is 11.8 Å². The molecular weight excluding hydrogens is 527 g/mol. The zero-order valence-corrected chi connectivity index (χ0v) is 22.6. The molecule has 0 saturated heterocycles. The van der Waals surface area contributed by atoms with Crippen LogP contribution >= 0.6 is 11.6 Å². The van der Waals surface area contributed by atoms with Gasteiger partial charge in [0.15, 0.2) is 5.78 Å². The van der Waals surface area contributed by atoms with E-state index in [0.717, 1.165) is 12.8 Å². The number of fused-ring (bicyclic) bond motifs is 1. The predicted octanol–water partition coefficient (Wildman–Crippen LogP) is 3.87. The molecule has 2 aromatic carbocycles. The fourth-order valence-corrected chi connectivity index (χ4v) is 4.28. The van der Waals surface area contributed by atoms with E-state index in [1.165, 1.54) is 28.6 Å². The molecule has 4 amide bonds. The van der Waals surface area contributed by atoms with Crippen LogP contribution in [0, 0.1) is 5.82 Å². The van der Waals surface area contributed by atoms with E-state index in [1.54, 1.807) is 38.1 Å². The van der Waals surface area contributed by atoms with Crippen LogP contribution in [-0.2, 0) is 22.7 Å². The van der Waals surface area contributed by atoms with Gasteiger partial charge in [0.1, 0.15) is 18.1 Å². The number of nitrogens with zero attached hydrogens (tertiary/aromatic N) is 3. The Hall–Kier alpha value is -3.99. The maximum atomic E-state index is 14.1. The molecule has 0 atom stereocenters. The standard InChI is InChI=1S/C27H30ClFN6O4/c1-15(2)34(13-23(37)30-12-17-5-4-6-21(28)25(17)29)24(38)14-35-22-10-9-19(32-27(39)31-18-7-8-18)11-20(22)26(33-35)16(3)36/h4-6,9-11,15,18H,7-8,12-14H2,1-3H3,(H,30,37)(H2,31,32,39). The lowest BCUT2D eigenvalue weighted by Crippen LogP contribution is -2.45. The minimum absolute atomic E-state index is 0.0402. The number of benzene rings is 2. The molecule has 0 spiro atoms. The number of ketones is 1. The third-order valence-electron chi connectivity index (χ3n) is 6.30. The third kappa shape index (κ3) is 6.91. The summed E-state index contributed by atoms with van der Waals surface area (Å²) in [6.45, 7) is 4.38. The number of rotatable bonds is 10. The van der Waals surface area contributed by atoms with Gasteiger partial charge in [-0.3, -0.25) is 19.1 Å². The maximum Gasteiger partial charge on any atom is 0.319 e. The number of urea groups is 1. The Bertz CT molecular complexity index is 1440. The number of halogens is 2. The second-order valence-corrected chi connectivity index (χ2v) is 10.2. The van der Waals surface area contributed by atoms with Crippen LogP contribution in [0.4, 0.5) is 14.9 Å². The fourth-order valence-electron chi connectivity index (χ4n) is 4.08. The van der Waals surface area contributed by atoms with Crippen LogP contribution in [0.25, 0.3) is 10.9 Å². The number of carbonyl (C=O) groups excluding carboxylic acids is 4. The van der Waals surface area contributed by atoms with Crippen molar-refractivity contribution in [2.75, 3.05) is 11.9 Å². The first-order valence-corrected chi connectivity index (χ1v) is 13.0. The predicted molar refractivity (Wildman–Crippen MR) is 145 cm³/mol. The normalized spacial score (nSPS) is 12.9. The van der Waals surface area contributed by atoms with Crippen molar-refractivity contribution in [2.24, 2.45) is 0 Å². The molecule has 4 rings (SSSR count). The zero-order valence-electron chi connectivity index (χ0n) is 21.9. The molecule has 3 N–H and O–H groups in total. The van der Waals surface area contributed by atoms with Crippen LogP contribution in [0.15, 0.2) is 36.4 Å². The van der Waals surface area contributed by atoms with E-state index in [2.05, 4.69) is 21.0 Å². The Balaban J connectivity index is 1.46. The number of hydrogen-bond donors (Lipinski definition) is 3. The van der Waals surface area contributed by atoms with Crippen LogP contribution in [0.5, 0.6) is 0 Å². The quantitative estimate of drug-likeness (QED) is 0.327. The van der Waals surface area contributed by atoms with E-state index >= 15 is 0 Å². The molecule has 1 fully saturated rings. The fraction of sp³-hybridized carbons (Fsp3) is 0.370. The van der Waals surface area contributed by atoms with E-state index < -0.39 is 11.7 Å². The summed E-state index contributed by atoms with van der Waals surface area (Å²) < 4.78 is 15.5. The molecule has 0 bridgehead atoms. The molecule has 39 heavy (non-hydrogen) atoms. The summed E-state index contributed by atoms with van der Waals surface area (Å²) in [6, 6.07) is 9.07. The molecule has 1 saturated carbocycles. The van der Waals surface area contributed by atoms with Crippen molar-refractivity contribution in [3.05, 3.63) is 58.5 Å². The van der Waals surface area contributed by atoms with E-state index in [9.17, 15) is 23.6 Å². The number of anilines is 1. The van der Waals surface area contributed by atoms with E-state index in [-0.39, 0.29) is 65.7 Å². The average molecular weight is 557 g/mol. The number of amides is 4. The van der Waals surface area contributed by atoms with Gasteiger partial charge in [-0.25, -0.2) is 9.18 Å². The first-order valence-electron chi connectivity index (χ1n) is 12.6. The summed E-state index contributed by atoms with van der Waals surface area (Å²) in [5.41, 5.74) is 1.43. The lowest BCUT2D eigenvalue weighted by Gasteiger charge is -2.26. The average Bonchev–Trinajstić information content (AvgIpc) is 3.62. The van der Waals surface area contributed by atoms with Crippen LogP contribution in [-0.4, -0.2) is 56.9 Å². The van der Waals surface area contributed by atoms with Gasteiger partial charge in [-0.05, 0) is 51.0 Å². The molecule has 1 aliphatic carbocycles. The zero-order chi connectivity index (χ0) is 28.3. The molecule has 0 aliphatic heterocycles. The maximum absolute atomic E-state index is 14.1. The van der Waals surface area contributed by atoms with E-state index in [1.807, 2.05) is 0 Å². The molecular formula is C27H30ClFN6O4. The number of hydrogen-bond acceptors (Lipinski definition) is 5. The smallest absolute Gasteiger partial charge is 0.319 e. The lowest BCUT2D eigenvalue weighted by molar-refractivity contribution is -0.138. The Morgan fingerprint density at radius 3 is 2.59 bits per heavy atom. The topological polar surface area (TPSA) is 125 Å². The van der Waals surface area contributed by atoms with Crippen LogP contribution in [0.1, 0.15) is 49.7 Å². The SMILES string of the molecule is CC(=O)c1nn(CC(=O)N(CC(=O)NCc2cccc(Cl)c2F)C(C)C)c2ccc(NC(=O)NC3CC3)cc12. The van der Waals surface area contributed by atoms with Crippen molar-refractivity contribution in [3.8, 4) is 0 Å². The molecule has 1 aliphatic rings. The van der Waals surface area contributed by atoms with Crippen molar-refractivity contribution in [3.63, 3.8) is 0 Å². The highest BCUT2D eigenvalue weighted by molar-refractivity contribution is 6.30. The summed E-state index contributed by atoms with van der Waals surface area (Å²) in [4.78, 5) is 51.7. The Labute approximate surface area is 229 Å². The molecule has 10 nitrogen and oxygen atoms in total. The lowest BCUT2D eigenvalue weighted by atomic mass is 10.1. The summed E-state index contributed by atoms with van der Waals surface area (Å²) in [7, 11) is 0. The first kappa shape index (κ1) is 28.0. The van der Waals surface area contributed by atoms with Crippen molar-refractivity contribution in [1.29, 1.82) is 0 Å². The molecule has 1 heterocycles. The Morgan fingerprint density at radius 2 is 1.92 bits per heavy atom. The van der Waals surface area contributed by atoms with Gasteiger partial charge in [-0.2, -0.15) is 5.10 Å². The van der Waals surface area contributed by atoms with Crippen molar-refractivity contribution >= 4 is 51.8 Å². The monoisotopic (exact) mass is 556 g/mol. The highest BCUT2D eigenvalue weighted by Gasteiger charge is 2.25. The van der Waals surface area contributed by atoms with E-state index in [4.69, 9.17) is 11.6 Å². The number of Topliss-reactive ketones (excluding diaryl/α,β-unsaturated/α-hetero) is 1. The summed E-state index contributed by atoms with van der Waals surface area (Å²) in [6.07, 6.45) is 1.91. The highest BCUT2D eigenvalue weighted by Crippen LogP contribution is 2.25. The minimum Gasteiger partial charge on any atom is -0.350 e. The number of carbonyl (C=O) groups is 4. The van der Waals surface area contributed by atoms with E-state index in [0.29, 0.717) is 16.6 Å². The van der Waals surface area contributed by atoms with Crippen LogP contribution in [0.2, 0.25) is 5.02 Å². The van der Waals surface area contributed by atoms with Gasteiger partial charge in [0.25, 0.3) is 0 Å². The van der Waals surface area contributed by atoms with Gasteiger partial charge >= 0.3 is 6.03 Å². The number of aromatic nitrogens is 2. The first-order chi connectivity index (χ1) is 18.5. The molecule has 0 radical (unpaired) electrons. The summed E-state index contributed by atoms with van der Waals surface area (Å²) >= 11 is 5.80. The molecule has 1 aromatic heterocycles. The molecule has 12 heteroatoms. The Morgan fingerprint density at radius 1 is 1.18 bits per heavy atom. The third-order valence-corrected chi connectivity index (χ3v) is 6.60. The van der Waals surface area contributed by atoms with Gasteiger partial charge in [-0.1, -0.05) is 23.7 Å². The largest absolute Gasteiger partial charge is 0.350 e. The summed E-state index contributed by atoms with van der Waals surface area (Å²) in [5, 5.41) is 13.0.